The summed E-state index contributed by atoms with van der Waals surface area (Å²) in [5.41, 5.74) is 1.52. The number of benzene rings is 1. The largest absolute Gasteiger partial charge is 0.308 e. The number of Topliss-reactive ketones (excluding diaryl/α,β-unsaturated/α-hetero) is 1. The van der Waals surface area contributed by atoms with E-state index in [4.69, 9.17) is 23.2 Å². The van der Waals surface area contributed by atoms with E-state index in [1.165, 1.54) is 4.90 Å². The lowest BCUT2D eigenvalue weighted by molar-refractivity contribution is -0.128. The summed E-state index contributed by atoms with van der Waals surface area (Å²) in [6.07, 6.45) is 0.224. The topological polar surface area (TPSA) is 62.1 Å². The Kier molecular flexibility index (Phi) is 3.16. The van der Waals surface area contributed by atoms with Gasteiger partial charge in [0.25, 0.3) is 0 Å². The van der Waals surface area contributed by atoms with Crippen LogP contribution in [0, 0.1) is 0 Å². The van der Waals surface area contributed by atoms with E-state index in [0.29, 0.717) is 40.1 Å². The number of fused-ring (bicyclic) bond motifs is 1. The minimum Gasteiger partial charge on any atom is -0.308 e. The van der Waals surface area contributed by atoms with Gasteiger partial charge < -0.3 is 4.90 Å². The third-order valence-electron chi connectivity index (χ3n) is 2.95. The summed E-state index contributed by atoms with van der Waals surface area (Å²) in [6, 6.07) is 1.55. The number of halogens is 2. The summed E-state index contributed by atoms with van der Waals surface area (Å²) in [5.74, 6) is -0.325. The molecule has 2 aliphatic heterocycles. The highest BCUT2D eigenvalue weighted by Gasteiger charge is 2.30. The molecular formula is C11H7Cl2N3O2S. The first-order valence-corrected chi connectivity index (χ1v) is 6.99. The molecule has 2 aliphatic rings. The number of anilines is 1. The van der Waals surface area contributed by atoms with E-state index in [0.717, 1.165) is 11.4 Å². The zero-order chi connectivity index (χ0) is 13.6. The van der Waals surface area contributed by atoms with Gasteiger partial charge in [0.1, 0.15) is 17.2 Å². The van der Waals surface area contributed by atoms with E-state index >= 15 is 0 Å². The maximum Gasteiger partial charge on any atom is 0.234 e. The van der Waals surface area contributed by atoms with E-state index in [1.54, 1.807) is 6.07 Å². The molecule has 5 nitrogen and oxygen atoms in total. The molecule has 0 bridgehead atoms. The van der Waals surface area contributed by atoms with Crippen molar-refractivity contribution >= 4 is 63.3 Å². The summed E-state index contributed by atoms with van der Waals surface area (Å²) in [7, 11) is 0. The number of carbonyl (C=O) groups is 2. The number of nitrogens with zero attached hydrogens (tertiary/aromatic N) is 3. The number of rotatable bonds is 1. The van der Waals surface area contributed by atoms with Gasteiger partial charge in [0.05, 0.1) is 33.5 Å². The van der Waals surface area contributed by atoms with E-state index in [9.17, 15) is 9.59 Å². The highest BCUT2D eigenvalue weighted by atomic mass is 35.5. The summed E-state index contributed by atoms with van der Waals surface area (Å²) < 4.78 is 8.24. The second kappa shape index (κ2) is 4.70. The Bertz CT molecular complexity index is 683. The Morgan fingerprint density at radius 2 is 1.89 bits per heavy atom. The van der Waals surface area contributed by atoms with Crippen LogP contribution >= 0.6 is 23.2 Å². The number of ketones is 1. The maximum absolute atomic E-state index is 12.0. The molecule has 1 amide bonds. The van der Waals surface area contributed by atoms with Crippen LogP contribution in [0.25, 0.3) is 0 Å². The van der Waals surface area contributed by atoms with Gasteiger partial charge in [-0.15, -0.1) is 0 Å². The van der Waals surface area contributed by atoms with Crippen molar-refractivity contribution in [3.8, 4) is 0 Å². The second-order valence-electron chi connectivity index (χ2n) is 4.16. The van der Waals surface area contributed by atoms with Crippen LogP contribution < -0.4 is 4.90 Å². The van der Waals surface area contributed by atoms with Crippen LogP contribution in [0.1, 0.15) is 12.8 Å². The second-order valence-corrected chi connectivity index (χ2v) is 5.50. The normalized spacial score (nSPS) is 17.7. The quantitative estimate of drug-likeness (QED) is 0.757. The monoisotopic (exact) mass is 315 g/mol. The Morgan fingerprint density at radius 1 is 1.16 bits per heavy atom. The molecule has 0 aromatic heterocycles. The van der Waals surface area contributed by atoms with Gasteiger partial charge in [0.15, 0.2) is 0 Å². The fraction of sp³-hybridized carbons (Fsp3) is 0.273. The minimum atomic E-state index is -0.269. The molecule has 3 rings (SSSR count). The van der Waals surface area contributed by atoms with Gasteiger partial charge in [-0.3, -0.25) is 9.59 Å². The van der Waals surface area contributed by atoms with E-state index in [2.05, 4.69) is 8.73 Å². The zero-order valence-corrected chi connectivity index (χ0v) is 11.8. The van der Waals surface area contributed by atoms with Crippen LogP contribution in [-0.4, -0.2) is 18.2 Å². The van der Waals surface area contributed by atoms with Crippen molar-refractivity contribution in [2.75, 3.05) is 11.4 Å². The third kappa shape index (κ3) is 2.09. The first-order valence-electron chi connectivity index (χ1n) is 5.50. The maximum atomic E-state index is 12.0. The van der Waals surface area contributed by atoms with Gasteiger partial charge in [-0.1, -0.05) is 23.2 Å². The van der Waals surface area contributed by atoms with Crippen LogP contribution in [0.2, 0.25) is 10.0 Å². The first-order chi connectivity index (χ1) is 9.08. The molecule has 0 spiro atoms. The highest BCUT2D eigenvalue weighted by Crippen LogP contribution is 2.49. The molecule has 8 heteroatoms. The van der Waals surface area contributed by atoms with Crippen molar-refractivity contribution in [1.82, 2.24) is 0 Å². The fourth-order valence-corrected chi connectivity index (χ4v) is 3.28. The predicted octanol–water partition coefficient (Wildman–Crippen LogP) is 3.42. The van der Waals surface area contributed by atoms with Gasteiger partial charge in [-0.25, -0.2) is 0 Å². The van der Waals surface area contributed by atoms with Crippen LogP contribution in [0.15, 0.2) is 14.8 Å². The van der Waals surface area contributed by atoms with Crippen LogP contribution in [0.5, 0.6) is 0 Å². The lowest BCUT2D eigenvalue weighted by atomic mass is 10.1. The first kappa shape index (κ1) is 12.8. The number of amides is 1. The molecule has 0 saturated carbocycles. The molecule has 0 unspecified atom stereocenters. The highest BCUT2D eigenvalue weighted by molar-refractivity contribution is 7.58. The smallest absolute Gasteiger partial charge is 0.234 e. The zero-order valence-electron chi connectivity index (χ0n) is 9.52. The molecule has 0 radical (unpaired) electrons. The van der Waals surface area contributed by atoms with E-state index < -0.39 is 0 Å². The van der Waals surface area contributed by atoms with Crippen LogP contribution in [-0.2, 0) is 20.9 Å². The van der Waals surface area contributed by atoms with Crippen molar-refractivity contribution in [3.05, 3.63) is 16.1 Å². The predicted molar refractivity (Wildman–Crippen MR) is 74.6 cm³/mol. The Hall–Kier alpha value is -1.24. The Balaban J connectivity index is 2.12. The van der Waals surface area contributed by atoms with Crippen molar-refractivity contribution in [1.29, 1.82) is 0 Å². The number of hydrogen-bond donors (Lipinski definition) is 0. The average molecular weight is 316 g/mol. The number of hydrogen-bond acceptors (Lipinski definition) is 4. The van der Waals surface area contributed by atoms with Crippen molar-refractivity contribution in [3.63, 3.8) is 0 Å². The minimum absolute atomic E-state index is 0.0565. The standard InChI is InChI=1S/C11H7Cl2N3O2S/c12-6-4-7(13)11(10-9(6)14-19-15-10)16-2-1-5(17)3-8(16)18/h4H,1-3H2. The Labute approximate surface area is 122 Å². The summed E-state index contributed by atoms with van der Waals surface area (Å²) >= 11 is 13.2. The van der Waals surface area contributed by atoms with Gasteiger partial charge in [-0.2, -0.15) is 8.73 Å². The summed E-state index contributed by atoms with van der Waals surface area (Å²) in [5, 5.41) is 0.742. The number of piperidine rings is 1. The summed E-state index contributed by atoms with van der Waals surface area (Å²) in [6.45, 7) is 0.311. The van der Waals surface area contributed by atoms with Gasteiger partial charge in [-0.05, 0) is 6.07 Å². The average Bonchev–Trinajstić information content (AvgIpc) is 2.81. The van der Waals surface area contributed by atoms with E-state index in [-0.39, 0.29) is 18.1 Å². The van der Waals surface area contributed by atoms with Crippen molar-refractivity contribution in [2.24, 2.45) is 8.73 Å². The lowest BCUT2D eigenvalue weighted by Gasteiger charge is -2.28. The molecule has 0 N–H and O–H groups in total. The van der Waals surface area contributed by atoms with Gasteiger partial charge >= 0.3 is 0 Å². The van der Waals surface area contributed by atoms with Gasteiger partial charge in [0.2, 0.25) is 5.91 Å². The molecule has 0 atom stereocenters. The third-order valence-corrected chi connectivity index (χ3v) is 4.06. The lowest BCUT2D eigenvalue weighted by Crippen LogP contribution is -2.39. The molecule has 2 heterocycles. The molecular weight excluding hydrogens is 309 g/mol. The van der Waals surface area contributed by atoms with Crippen molar-refractivity contribution < 1.29 is 9.59 Å². The molecule has 1 fully saturated rings. The van der Waals surface area contributed by atoms with Crippen LogP contribution in [0.4, 0.5) is 17.1 Å². The molecule has 1 aromatic carbocycles. The van der Waals surface area contributed by atoms with Crippen LogP contribution in [0.3, 0.4) is 0 Å². The summed E-state index contributed by atoms with van der Waals surface area (Å²) in [4.78, 5) is 24.7. The molecule has 1 aromatic rings. The molecule has 1 saturated heterocycles. The SMILES string of the molecule is O=C1CCN(c2c(Cl)cc(Cl)c3c2N=S=N3)C(=O)C1. The van der Waals surface area contributed by atoms with E-state index in [1.807, 2.05) is 0 Å². The molecule has 0 aliphatic carbocycles. The van der Waals surface area contributed by atoms with Crippen molar-refractivity contribution in [2.45, 2.75) is 12.8 Å². The van der Waals surface area contributed by atoms with Gasteiger partial charge in [0, 0.05) is 13.0 Å². The molecule has 98 valence electrons. The Morgan fingerprint density at radius 3 is 2.63 bits per heavy atom. The number of carbonyl (C=O) groups excluding carboxylic acids is 2. The molecule has 19 heavy (non-hydrogen) atoms. The fourth-order valence-electron chi connectivity index (χ4n) is 2.07.